The molecular weight excluding hydrogens is 302 g/mol. The molecule has 1 heterocycles. The zero-order chi connectivity index (χ0) is 16.5. The number of tetrazole rings is 1. The van der Waals surface area contributed by atoms with Gasteiger partial charge in [0.15, 0.2) is 0 Å². The topological polar surface area (TPSA) is 72.7 Å². The van der Waals surface area contributed by atoms with Crippen LogP contribution >= 0.6 is 0 Å². The maximum atomic E-state index is 12.3. The Kier molecular flexibility index (Phi) is 4.04. The SMILES string of the molecule is C[C@H](NC(=O)Cn1nnc(-c2ccccc2)n1)[C@H]1C[C@H]2CC[C@H]1C2. The number of carbonyl (C=O) groups is 1. The molecule has 1 amide bonds. The Bertz CT molecular complexity index is 713. The highest BCUT2D eigenvalue weighted by Gasteiger charge is 2.42. The predicted molar refractivity (Wildman–Crippen MR) is 89.8 cm³/mol. The third-order valence-corrected chi connectivity index (χ3v) is 5.59. The van der Waals surface area contributed by atoms with E-state index in [-0.39, 0.29) is 18.5 Å². The molecule has 0 radical (unpaired) electrons. The number of nitrogens with one attached hydrogen (secondary N) is 1. The van der Waals surface area contributed by atoms with E-state index in [2.05, 4.69) is 27.7 Å². The molecule has 2 saturated carbocycles. The summed E-state index contributed by atoms with van der Waals surface area (Å²) in [5.74, 6) is 2.84. The molecule has 24 heavy (non-hydrogen) atoms. The molecule has 6 heteroatoms. The molecule has 2 fully saturated rings. The van der Waals surface area contributed by atoms with Crippen molar-refractivity contribution in [3.05, 3.63) is 30.3 Å². The lowest BCUT2D eigenvalue weighted by Crippen LogP contribution is -2.41. The van der Waals surface area contributed by atoms with Crippen LogP contribution in [0.15, 0.2) is 30.3 Å². The van der Waals surface area contributed by atoms with E-state index in [1.54, 1.807) is 0 Å². The Morgan fingerprint density at radius 2 is 2.12 bits per heavy atom. The Hall–Kier alpha value is -2.24. The third-order valence-electron chi connectivity index (χ3n) is 5.59. The van der Waals surface area contributed by atoms with Crippen molar-refractivity contribution in [2.24, 2.45) is 17.8 Å². The first-order valence-electron chi connectivity index (χ1n) is 8.81. The molecule has 126 valence electrons. The number of carbonyl (C=O) groups excluding carboxylic acids is 1. The minimum atomic E-state index is -0.0396. The maximum Gasteiger partial charge on any atom is 0.243 e. The summed E-state index contributed by atoms with van der Waals surface area (Å²) < 4.78 is 0. The van der Waals surface area contributed by atoms with Crippen LogP contribution in [0.4, 0.5) is 0 Å². The third kappa shape index (κ3) is 3.05. The summed E-state index contributed by atoms with van der Waals surface area (Å²) in [6, 6.07) is 9.89. The monoisotopic (exact) mass is 325 g/mol. The number of benzene rings is 1. The molecule has 2 aliphatic rings. The van der Waals surface area contributed by atoms with Gasteiger partial charge in [0.1, 0.15) is 6.54 Å². The average molecular weight is 325 g/mol. The van der Waals surface area contributed by atoms with E-state index in [1.807, 2.05) is 30.3 Å². The summed E-state index contributed by atoms with van der Waals surface area (Å²) in [4.78, 5) is 13.7. The summed E-state index contributed by atoms with van der Waals surface area (Å²) in [6.45, 7) is 2.25. The fraction of sp³-hybridized carbons (Fsp3) is 0.556. The highest BCUT2D eigenvalue weighted by Crippen LogP contribution is 2.49. The Labute approximate surface area is 141 Å². The van der Waals surface area contributed by atoms with Crippen molar-refractivity contribution >= 4 is 5.91 Å². The molecule has 0 spiro atoms. The Balaban J connectivity index is 1.34. The standard InChI is InChI=1S/C18H23N5O/c1-12(16-10-13-7-8-15(16)9-13)19-17(24)11-23-21-18(20-22-23)14-5-3-2-4-6-14/h2-6,12-13,15-16H,7-11H2,1H3,(H,19,24)/t12-,13-,15-,16+/m0/s1. The summed E-state index contributed by atoms with van der Waals surface area (Å²) >= 11 is 0. The summed E-state index contributed by atoms with van der Waals surface area (Å²) in [5, 5.41) is 15.5. The number of nitrogens with zero attached hydrogens (tertiary/aromatic N) is 4. The summed E-state index contributed by atoms with van der Waals surface area (Å²) in [6.07, 6.45) is 5.34. The van der Waals surface area contributed by atoms with Gasteiger partial charge in [-0.15, -0.1) is 10.2 Å². The largest absolute Gasteiger partial charge is 0.352 e. The van der Waals surface area contributed by atoms with Gasteiger partial charge in [0.25, 0.3) is 0 Å². The number of rotatable bonds is 5. The lowest BCUT2D eigenvalue weighted by Gasteiger charge is -2.28. The summed E-state index contributed by atoms with van der Waals surface area (Å²) in [5.41, 5.74) is 0.902. The van der Waals surface area contributed by atoms with Crippen molar-refractivity contribution in [2.45, 2.75) is 45.2 Å². The van der Waals surface area contributed by atoms with Crippen molar-refractivity contribution in [3.63, 3.8) is 0 Å². The van der Waals surface area contributed by atoms with Gasteiger partial charge in [0, 0.05) is 11.6 Å². The second-order valence-electron chi connectivity index (χ2n) is 7.20. The van der Waals surface area contributed by atoms with Crippen LogP contribution in [0.2, 0.25) is 0 Å². The van der Waals surface area contributed by atoms with Crippen LogP contribution in [0.3, 0.4) is 0 Å². The first kappa shape index (κ1) is 15.3. The van der Waals surface area contributed by atoms with Crippen LogP contribution in [0.1, 0.15) is 32.6 Å². The fourth-order valence-electron chi connectivity index (χ4n) is 4.45. The van der Waals surface area contributed by atoms with Crippen LogP contribution in [0, 0.1) is 17.8 Å². The molecule has 0 unspecified atom stereocenters. The Morgan fingerprint density at radius 1 is 1.29 bits per heavy atom. The molecule has 1 aromatic carbocycles. The van der Waals surface area contributed by atoms with E-state index in [0.717, 1.165) is 17.4 Å². The van der Waals surface area contributed by atoms with Gasteiger partial charge in [-0.1, -0.05) is 36.8 Å². The van der Waals surface area contributed by atoms with Gasteiger partial charge < -0.3 is 5.32 Å². The molecule has 4 rings (SSSR count). The second-order valence-corrected chi connectivity index (χ2v) is 7.20. The van der Waals surface area contributed by atoms with E-state index in [1.165, 1.54) is 30.5 Å². The first-order chi connectivity index (χ1) is 11.7. The lowest BCUT2D eigenvalue weighted by atomic mass is 9.84. The van der Waals surface area contributed by atoms with Gasteiger partial charge >= 0.3 is 0 Å². The van der Waals surface area contributed by atoms with Gasteiger partial charge in [0.05, 0.1) is 0 Å². The van der Waals surface area contributed by atoms with Crippen LogP contribution in [0.5, 0.6) is 0 Å². The van der Waals surface area contributed by atoms with Crippen LogP contribution in [0.25, 0.3) is 11.4 Å². The van der Waals surface area contributed by atoms with Gasteiger partial charge in [-0.25, -0.2) is 0 Å². The smallest absolute Gasteiger partial charge is 0.243 e. The zero-order valence-electron chi connectivity index (χ0n) is 13.9. The first-order valence-corrected chi connectivity index (χ1v) is 8.81. The molecule has 2 aliphatic carbocycles. The number of hydrogen-bond acceptors (Lipinski definition) is 4. The predicted octanol–water partition coefficient (Wildman–Crippen LogP) is 2.28. The van der Waals surface area contributed by atoms with Crippen LogP contribution < -0.4 is 5.32 Å². The van der Waals surface area contributed by atoms with E-state index in [4.69, 9.17) is 0 Å². The molecule has 0 aliphatic heterocycles. The fourth-order valence-corrected chi connectivity index (χ4v) is 4.45. The van der Waals surface area contributed by atoms with Gasteiger partial charge in [-0.2, -0.15) is 4.80 Å². The highest BCUT2D eigenvalue weighted by molar-refractivity contribution is 5.75. The molecular formula is C18H23N5O. The van der Waals surface area contributed by atoms with Gasteiger partial charge in [-0.05, 0) is 49.2 Å². The number of hydrogen-bond donors (Lipinski definition) is 1. The molecule has 2 bridgehead atoms. The van der Waals surface area contributed by atoms with Crippen molar-refractivity contribution in [1.29, 1.82) is 0 Å². The van der Waals surface area contributed by atoms with E-state index >= 15 is 0 Å². The molecule has 6 nitrogen and oxygen atoms in total. The average Bonchev–Trinajstić information content (AvgIpc) is 3.32. The highest BCUT2D eigenvalue weighted by atomic mass is 16.2. The quantitative estimate of drug-likeness (QED) is 0.915. The molecule has 0 saturated heterocycles. The van der Waals surface area contributed by atoms with Crippen molar-refractivity contribution in [2.75, 3.05) is 0 Å². The summed E-state index contributed by atoms with van der Waals surface area (Å²) in [7, 11) is 0. The number of amides is 1. The Morgan fingerprint density at radius 3 is 2.83 bits per heavy atom. The lowest BCUT2D eigenvalue weighted by molar-refractivity contribution is -0.123. The molecule has 1 N–H and O–H groups in total. The molecule has 4 atom stereocenters. The van der Waals surface area contributed by atoms with Gasteiger partial charge in [0.2, 0.25) is 11.7 Å². The molecule has 2 aromatic rings. The number of aromatic nitrogens is 4. The van der Waals surface area contributed by atoms with Crippen molar-refractivity contribution < 1.29 is 4.79 Å². The number of fused-ring (bicyclic) bond motifs is 2. The van der Waals surface area contributed by atoms with E-state index < -0.39 is 0 Å². The maximum absolute atomic E-state index is 12.3. The van der Waals surface area contributed by atoms with Crippen molar-refractivity contribution in [3.8, 4) is 11.4 Å². The van der Waals surface area contributed by atoms with E-state index in [0.29, 0.717) is 11.7 Å². The van der Waals surface area contributed by atoms with Crippen LogP contribution in [-0.2, 0) is 11.3 Å². The normalized spacial score (nSPS) is 26.5. The zero-order valence-corrected chi connectivity index (χ0v) is 13.9. The minimum Gasteiger partial charge on any atom is -0.352 e. The van der Waals surface area contributed by atoms with E-state index in [9.17, 15) is 4.79 Å². The van der Waals surface area contributed by atoms with Crippen molar-refractivity contribution in [1.82, 2.24) is 25.5 Å². The van der Waals surface area contributed by atoms with Gasteiger partial charge in [-0.3, -0.25) is 4.79 Å². The minimum absolute atomic E-state index is 0.0396. The second kappa shape index (κ2) is 6.34. The molecule has 1 aromatic heterocycles. The van der Waals surface area contributed by atoms with Crippen LogP contribution in [-0.4, -0.2) is 32.2 Å².